The van der Waals surface area contributed by atoms with Crippen molar-refractivity contribution in [3.05, 3.63) is 17.7 Å². The van der Waals surface area contributed by atoms with Crippen molar-refractivity contribution < 1.29 is 14.2 Å². The number of likely N-dealkylation sites (N-methyl/N-ethyl adjacent to an activating group) is 1. The fraction of sp³-hybridized carbons (Fsp3) is 0.538. The Bertz CT molecular complexity index is 339. The van der Waals surface area contributed by atoms with Gasteiger partial charge < -0.3 is 19.1 Å². The molecule has 0 saturated heterocycles. The van der Waals surface area contributed by atoms with Gasteiger partial charge in [0.25, 0.3) is 0 Å². The van der Waals surface area contributed by atoms with Crippen molar-refractivity contribution in [3.8, 4) is 17.2 Å². The molecule has 0 aliphatic carbocycles. The molecule has 0 aliphatic heterocycles. The lowest BCUT2D eigenvalue weighted by atomic mass is 10.2. The van der Waals surface area contributed by atoms with E-state index in [-0.39, 0.29) is 0 Å². The molecule has 0 N–H and O–H groups in total. The third-order valence-corrected chi connectivity index (χ3v) is 2.39. The molecule has 1 aromatic carbocycles. The van der Waals surface area contributed by atoms with Crippen molar-refractivity contribution in [1.29, 1.82) is 0 Å². The summed E-state index contributed by atoms with van der Waals surface area (Å²) in [7, 11) is 7.28. The summed E-state index contributed by atoms with van der Waals surface area (Å²) in [5.74, 6) is 2.09. The average Bonchev–Trinajstić information content (AvgIpc) is 2.29. The lowest BCUT2D eigenvalue weighted by Crippen LogP contribution is -2.19. The van der Waals surface area contributed by atoms with E-state index < -0.39 is 0 Å². The highest BCUT2D eigenvalue weighted by Gasteiger charge is 2.12. The normalized spacial score (nSPS) is 10.5. The van der Waals surface area contributed by atoms with Gasteiger partial charge in [-0.15, -0.1) is 0 Å². The SMILES string of the molecule is COc1cc(C)cc(OC)c1OCCN(C)C. The van der Waals surface area contributed by atoms with Crippen LogP contribution in [-0.2, 0) is 0 Å². The third-order valence-electron chi connectivity index (χ3n) is 2.39. The summed E-state index contributed by atoms with van der Waals surface area (Å²) < 4.78 is 16.3. The first-order valence-corrected chi connectivity index (χ1v) is 5.58. The van der Waals surface area contributed by atoms with Gasteiger partial charge in [0.2, 0.25) is 5.75 Å². The Morgan fingerprint density at radius 1 is 1.06 bits per heavy atom. The second kappa shape index (κ2) is 6.35. The largest absolute Gasteiger partial charge is 0.493 e. The molecule has 1 rings (SSSR count). The number of nitrogens with zero attached hydrogens (tertiary/aromatic N) is 1. The van der Waals surface area contributed by atoms with Crippen molar-refractivity contribution >= 4 is 0 Å². The minimum atomic E-state index is 0.600. The summed E-state index contributed by atoms with van der Waals surface area (Å²) in [6.45, 7) is 3.44. The van der Waals surface area contributed by atoms with Gasteiger partial charge in [0.1, 0.15) is 6.61 Å². The molecule has 0 aliphatic rings. The van der Waals surface area contributed by atoms with Crippen LogP contribution in [0, 0.1) is 6.92 Å². The van der Waals surface area contributed by atoms with E-state index in [4.69, 9.17) is 14.2 Å². The maximum Gasteiger partial charge on any atom is 0.203 e. The van der Waals surface area contributed by atoms with Gasteiger partial charge in [-0.1, -0.05) is 0 Å². The van der Waals surface area contributed by atoms with Gasteiger partial charge in [-0.25, -0.2) is 0 Å². The Hall–Kier alpha value is -1.42. The summed E-state index contributed by atoms with van der Waals surface area (Å²) in [6, 6.07) is 3.88. The Balaban J connectivity index is 2.87. The number of hydrogen-bond donors (Lipinski definition) is 0. The molecule has 0 saturated carbocycles. The van der Waals surface area contributed by atoms with Crippen LogP contribution in [0.15, 0.2) is 12.1 Å². The number of hydrogen-bond acceptors (Lipinski definition) is 4. The van der Waals surface area contributed by atoms with E-state index in [2.05, 4.69) is 4.90 Å². The Kier molecular flexibility index (Phi) is 5.10. The number of benzene rings is 1. The number of rotatable bonds is 6. The van der Waals surface area contributed by atoms with Gasteiger partial charge in [0, 0.05) is 6.54 Å². The molecule has 0 radical (unpaired) electrons. The minimum absolute atomic E-state index is 0.600. The smallest absolute Gasteiger partial charge is 0.203 e. The van der Waals surface area contributed by atoms with Crippen LogP contribution in [0.2, 0.25) is 0 Å². The lowest BCUT2D eigenvalue weighted by molar-refractivity contribution is 0.239. The number of methoxy groups -OCH3 is 2. The zero-order valence-corrected chi connectivity index (χ0v) is 11.2. The first-order chi connectivity index (χ1) is 8.08. The first kappa shape index (κ1) is 13.6. The Morgan fingerprint density at radius 3 is 2.00 bits per heavy atom. The summed E-state index contributed by atoms with van der Waals surface area (Å²) in [6.07, 6.45) is 0. The molecule has 4 nitrogen and oxygen atoms in total. The molecule has 17 heavy (non-hydrogen) atoms. The fourth-order valence-corrected chi connectivity index (χ4v) is 1.48. The molecule has 0 heterocycles. The number of aryl methyl sites for hydroxylation is 1. The minimum Gasteiger partial charge on any atom is -0.493 e. The maximum atomic E-state index is 5.72. The van der Waals surface area contributed by atoms with E-state index in [1.165, 1.54) is 0 Å². The van der Waals surface area contributed by atoms with Gasteiger partial charge in [0.05, 0.1) is 14.2 Å². The maximum absolute atomic E-state index is 5.72. The van der Waals surface area contributed by atoms with E-state index in [0.29, 0.717) is 23.9 Å². The highest BCUT2D eigenvalue weighted by atomic mass is 16.5. The van der Waals surface area contributed by atoms with Crippen LogP contribution in [0.3, 0.4) is 0 Å². The first-order valence-electron chi connectivity index (χ1n) is 5.58. The van der Waals surface area contributed by atoms with E-state index >= 15 is 0 Å². The Morgan fingerprint density at radius 2 is 1.59 bits per heavy atom. The van der Waals surface area contributed by atoms with Crippen molar-refractivity contribution in [1.82, 2.24) is 4.90 Å². The molecule has 4 heteroatoms. The monoisotopic (exact) mass is 239 g/mol. The van der Waals surface area contributed by atoms with Crippen molar-refractivity contribution in [2.45, 2.75) is 6.92 Å². The molecule has 0 spiro atoms. The predicted molar refractivity (Wildman–Crippen MR) is 68.3 cm³/mol. The van der Waals surface area contributed by atoms with Crippen molar-refractivity contribution in [2.75, 3.05) is 41.5 Å². The third kappa shape index (κ3) is 3.82. The zero-order valence-electron chi connectivity index (χ0n) is 11.2. The molecule has 0 unspecified atom stereocenters. The van der Waals surface area contributed by atoms with Gasteiger partial charge in [-0.3, -0.25) is 0 Å². The van der Waals surface area contributed by atoms with Gasteiger partial charge >= 0.3 is 0 Å². The van der Waals surface area contributed by atoms with E-state index in [1.54, 1.807) is 14.2 Å². The molecule has 0 aromatic heterocycles. The Labute approximate surface area is 103 Å². The molecule has 0 fully saturated rings. The van der Waals surface area contributed by atoms with Gasteiger partial charge in [-0.05, 0) is 38.7 Å². The highest BCUT2D eigenvalue weighted by molar-refractivity contribution is 5.53. The molecular formula is C13H21NO3. The molecule has 1 aromatic rings. The van der Waals surface area contributed by atoms with Crippen LogP contribution in [0.1, 0.15) is 5.56 Å². The predicted octanol–water partition coefficient (Wildman–Crippen LogP) is 1.95. The fourth-order valence-electron chi connectivity index (χ4n) is 1.48. The highest BCUT2D eigenvalue weighted by Crippen LogP contribution is 2.38. The molecule has 0 amide bonds. The van der Waals surface area contributed by atoms with E-state index in [0.717, 1.165) is 12.1 Å². The molecule has 0 bridgehead atoms. The van der Waals surface area contributed by atoms with Crippen LogP contribution in [0.5, 0.6) is 17.2 Å². The summed E-state index contributed by atoms with van der Waals surface area (Å²) >= 11 is 0. The summed E-state index contributed by atoms with van der Waals surface area (Å²) in [4.78, 5) is 2.06. The summed E-state index contributed by atoms with van der Waals surface area (Å²) in [5.41, 5.74) is 1.08. The second-order valence-corrected chi connectivity index (χ2v) is 4.15. The van der Waals surface area contributed by atoms with Crippen LogP contribution in [0.25, 0.3) is 0 Å². The number of ether oxygens (including phenoxy) is 3. The standard InChI is InChI=1S/C13H21NO3/c1-10-8-11(15-4)13(12(9-10)16-5)17-7-6-14(2)3/h8-9H,6-7H2,1-5H3. The van der Waals surface area contributed by atoms with Gasteiger partial charge in [-0.2, -0.15) is 0 Å². The molecule has 0 atom stereocenters. The van der Waals surface area contributed by atoms with Crippen LogP contribution in [-0.4, -0.2) is 46.4 Å². The zero-order chi connectivity index (χ0) is 12.8. The van der Waals surface area contributed by atoms with Crippen LogP contribution in [0.4, 0.5) is 0 Å². The van der Waals surface area contributed by atoms with E-state index in [9.17, 15) is 0 Å². The van der Waals surface area contributed by atoms with Gasteiger partial charge in [0.15, 0.2) is 11.5 Å². The second-order valence-electron chi connectivity index (χ2n) is 4.15. The summed E-state index contributed by atoms with van der Waals surface area (Å²) in [5, 5.41) is 0. The van der Waals surface area contributed by atoms with Crippen molar-refractivity contribution in [3.63, 3.8) is 0 Å². The quantitative estimate of drug-likeness (QED) is 0.759. The van der Waals surface area contributed by atoms with E-state index in [1.807, 2.05) is 33.2 Å². The average molecular weight is 239 g/mol. The topological polar surface area (TPSA) is 30.9 Å². The van der Waals surface area contributed by atoms with Crippen molar-refractivity contribution in [2.24, 2.45) is 0 Å². The lowest BCUT2D eigenvalue weighted by Gasteiger charge is -2.16. The molecule has 96 valence electrons. The van der Waals surface area contributed by atoms with Crippen LogP contribution < -0.4 is 14.2 Å². The molecular weight excluding hydrogens is 218 g/mol. The van der Waals surface area contributed by atoms with Crippen LogP contribution >= 0.6 is 0 Å².